The van der Waals surface area contributed by atoms with Crippen molar-refractivity contribution >= 4 is 23.5 Å². The molecule has 1 fully saturated rings. The number of halogens is 1. The highest BCUT2D eigenvalue weighted by atomic mass is 35.5. The Labute approximate surface area is 116 Å². The Morgan fingerprint density at radius 2 is 2.21 bits per heavy atom. The Bertz CT molecular complexity index is 489. The van der Waals surface area contributed by atoms with E-state index in [0.29, 0.717) is 30.1 Å². The molecule has 1 aliphatic rings. The third-order valence-corrected chi connectivity index (χ3v) is 3.66. The first kappa shape index (κ1) is 13.8. The monoisotopic (exact) mass is 282 g/mol. The van der Waals surface area contributed by atoms with Crippen LogP contribution in [-0.4, -0.2) is 39.5 Å². The van der Waals surface area contributed by atoms with Gasteiger partial charge in [-0.2, -0.15) is 0 Å². The van der Waals surface area contributed by atoms with Gasteiger partial charge in [0.2, 0.25) is 0 Å². The summed E-state index contributed by atoms with van der Waals surface area (Å²) >= 11 is 5.73. The third kappa shape index (κ3) is 3.04. The van der Waals surface area contributed by atoms with Crippen molar-refractivity contribution in [3.8, 4) is 0 Å². The summed E-state index contributed by atoms with van der Waals surface area (Å²) in [4.78, 5) is 28.9. The van der Waals surface area contributed by atoms with Crippen molar-refractivity contribution in [2.24, 2.45) is 5.92 Å². The predicted molar refractivity (Wildman–Crippen MR) is 70.1 cm³/mol. The second-order valence-electron chi connectivity index (χ2n) is 4.77. The molecule has 1 aromatic heterocycles. The fourth-order valence-electron chi connectivity index (χ4n) is 2.35. The summed E-state index contributed by atoms with van der Waals surface area (Å²) in [6.07, 6.45) is 2.40. The zero-order chi connectivity index (χ0) is 14.0. The van der Waals surface area contributed by atoms with Gasteiger partial charge in [0.1, 0.15) is 5.69 Å². The number of carbonyl (C=O) groups is 2. The molecule has 0 radical (unpaired) electrons. The first-order valence-electron chi connectivity index (χ1n) is 6.14. The van der Waals surface area contributed by atoms with Crippen molar-refractivity contribution in [1.29, 1.82) is 0 Å². The zero-order valence-corrected chi connectivity index (χ0v) is 11.3. The Morgan fingerprint density at radius 3 is 2.74 bits per heavy atom. The van der Waals surface area contributed by atoms with Crippen LogP contribution in [0.4, 0.5) is 0 Å². The second kappa shape index (κ2) is 5.57. The Kier molecular flexibility index (Phi) is 4.04. The lowest BCUT2D eigenvalue weighted by Gasteiger charge is -2.36. The van der Waals surface area contributed by atoms with Crippen molar-refractivity contribution in [3.05, 3.63) is 29.0 Å². The number of rotatable bonds is 2. The summed E-state index contributed by atoms with van der Waals surface area (Å²) in [6.45, 7) is 2.31. The fraction of sp³-hybridized carbons (Fsp3) is 0.462. The summed E-state index contributed by atoms with van der Waals surface area (Å²) in [5.74, 6) is -1.33. The van der Waals surface area contributed by atoms with E-state index in [9.17, 15) is 9.59 Å². The van der Waals surface area contributed by atoms with Crippen LogP contribution in [0.3, 0.4) is 0 Å². The maximum atomic E-state index is 12.3. The minimum absolute atomic E-state index is 0.0974. The average Bonchev–Trinajstić information content (AvgIpc) is 2.38. The summed E-state index contributed by atoms with van der Waals surface area (Å²) < 4.78 is 0. The number of aliphatic carboxylic acids is 1. The molecule has 2 rings (SSSR count). The van der Waals surface area contributed by atoms with E-state index in [1.807, 2.05) is 6.92 Å². The van der Waals surface area contributed by atoms with Crippen LogP contribution in [0.15, 0.2) is 18.3 Å². The molecule has 102 valence electrons. The molecule has 0 saturated carbocycles. The number of pyridine rings is 1. The number of likely N-dealkylation sites (tertiary alicyclic amines) is 1. The van der Waals surface area contributed by atoms with E-state index in [2.05, 4.69) is 4.98 Å². The maximum Gasteiger partial charge on any atom is 0.306 e. The molecule has 2 unspecified atom stereocenters. The molecule has 1 N–H and O–H groups in total. The molecule has 1 aromatic rings. The van der Waals surface area contributed by atoms with Crippen LogP contribution >= 0.6 is 11.6 Å². The molecule has 0 aromatic carbocycles. The number of carbonyl (C=O) groups excluding carboxylic acids is 1. The van der Waals surface area contributed by atoms with Gasteiger partial charge in [-0.25, -0.2) is 4.98 Å². The number of nitrogens with zero attached hydrogens (tertiary/aromatic N) is 2. The minimum Gasteiger partial charge on any atom is -0.481 e. The molecule has 1 amide bonds. The molecule has 1 saturated heterocycles. The van der Waals surface area contributed by atoms with Crippen LogP contribution in [0.5, 0.6) is 0 Å². The van der Waals surface area contributed by atoms with Gasteiger partial charge in [0.25, 0.3) is 5.91 Å². The van der Waals surface area contributed by atoms with Gasteiger partial charge >= 0.3 is 5.97 Å². The van der Waals surface area contributed by atoms with Crippen molar-refractivity contribution in [2.75, 3.05) is 6.54 Å². The lowest BCUT2D eigenvalue weighted by atomic mass is 9.91. The molecule has 5 nitrogen and oxygen atoms in total. The van der Waals surface area contributed by atoms with Gasteiger partial charge in [-0.05, 0) is 31.9 Å². The van der Waals surface area contributed by atoms with Crippen LogP contribution in [0, 0.1) is 5.92 Å². The van der Waals surface area contributed by atoms with Crippen LogP contribution in [0.1, 0.15) is 30.3 Å². The van der Waals surface area contributed by atoms with Crippen LogP contribution < -0.4 is 0 Å². The predicted octanol–water partition coefficient (Wildman–Crippen LogP) is 2.06. The molecule has 19 heavy (non-hydrogen) atoms. The fourth-order valence-corrected chi connectivity index (χ4v) is 2.46. The van der Waals surface area contributed by atoms with Gasteiger partial charge in [0.05, 0.1) is 10.9 Å². The molecular weight excluding hydrogens is 268 g/mol. The molecule has 2 heterocycles. The van der Waals surface area contributed by atoms with E-state index in [1.54, 1.807) is 17.0 Å². The number of carboxylic acid groups (broad SMARTS) is 1. The standard InChI is InChI=1S/C13H15ClN2O3/c1-8-6-9(13(18)19)4-5-16(8)12(17)11-3-2-10(14)7-15-11/h2-3,7-9H,4-6H2,1H3,(H,18,19). The van der Waals surface area contributed by atoms with Gasteiger partial charge in [0, 0.05) is 18.8 Å². The summed E-state index contributed by atoms with van der Waals surface area (Å²) in [6, 6.07) is 3.11. The smallest absolute Gasteiger partial charge is 0.306 e. The topological polar surface area (TPSA) is 70.5 Å². The lowest BCUT2D eigenvalue weighted by molar-refractivity contribution is -0.143. The quantitative estimate of drug-likeness (QED) is 0.901. The van der Waals surface area contributed by atoms with Gasteiger partial charge < -0.3 is 10.0 Å². The number of piperidine rings is 1. The van der Waals surface area contributed by atoms with E-state index in [-0.39, 0.29) is 17.9 Å². The molecule has 0 bridgehead atoms. The maximum absolute atomic E-state index is 12.3. The number of hydrogen-bond donors (Lipinski definition) is 1. The van der Waals surface area contributed by atoms with Crippen molar-refractivity contribution < 1.29 is 14.7 Å². The minimum atomic E-state index is -0.788. The Hall–Kier alpha value is -1.62. The van der Waals surface area contributed by atoms with E-state index in [0.717, 1.165) is 0 Å². The van der Waals surface area contributed by atoms with Gasteiger partial charge in [0.15, 0.2) is 0 Å². The van der Waals surface area contributed by atoms with E-state index >= 15 is 0 Å². The lowest BCUT2D eigenvalue weighted by Crippen LogP contribution is -2.46. The molecule has 6 heteroatoms. The molecule has 0 spiro atoms. The largest absolute Gasteiger partial charge is 0.481 e. The number of hydrogen-bond acceptors (Lipinski definition) is 3. The van der Waals surface area contributed by atoms with E-state index in [1.165, 1.54) is 6.20 Å². The highest BCUT2D eigenvalue weighted by Gasteiger charge is 2.32. The number of aromatic nitrogens is 1. The first-order chi connectivity index (χ1) is 8.99. The molecule has 0 aliphatic carbocycles. The zero-order valence-electron chi connectivity index (χ0n) is 10.5. The number of amides is 1. The van der Waals surface area contributed by atoms with Gasteiger partial charge in [-0.1, -0.05) is 11.6 Å². The van der Waals surface area contributed by atoms with Crippen LogP contribution in [0.25, 0.3) is 0 Å². The summed E-state index contributed by atoms with van der Waals surface area (Å²) in [7, 11) is 0. The van der Waals surface area contributed by atoms with Crippen LogP contribution in [0.2, 0.25) is 5.02 Å². The highest BCUT2D eigenvalue weighted by molar-refractivity contribution is 6.30. The van der Waals surface area contributed by atoms with Crippen LogP contribution in [-0.2, 0) is 4.79 Å². The Morgan fingerprint density at radius 1 is 1.47 bits per heavy atom. The summed E-state index contributed by atoms with van der Waals surface area (Å²) in [5, 5.41) is 9.48. The molecule has 1 aliphatic heterocycles. The first-order valence-corrected chi connectivity index (χ1v) is 6.52. The van der Waals surface area contributed by atoms with Gasteiger partial charge in [-0.15, -0.1) is 0 Å². The molecule has 2 atom stereocenters. The van der Waals surface area contributed by atoms with Gasteiger partial charge in [-0.3, -0.25) is 9.59 Å². The van der Waals surface area contributed by atoms with Crippen molar-refractivity contribution in [3.63, 3.8) is 0 Å². The van der Waals surface area contributed by atoms with Crippen molar-refractivity contribution in [1.82, 2.24) is 9.88 Å². The van der Waals surface area contributed by atoms with Crippen molar-refractivity contribution in [2.45, 2.75) is 25.8 Å². The summed E-state index contributed by atoms with van der Waals surface area (Å²) in [5.41, 5.74) is 0.338. The number of carboxylic acids is 1. The SMILES string of the molecule is CC1CC(C(=O)O)CCN1C(=O)c1ccc(Cl)cn1. The highest BCUT2D eigenvalue weighted by Crippen LogP contribution is 2.24. The second-order valence-corrected chi connectivity index (χ2v) is 5.21. The normalized spacial score (nSPS) is 23.2. The third-order valence-electron chi connectivity index (χ3n) is 3.43. The molecular formula is C13H15ClN2O3. The van der Waals surface area contributed by atoms with E-state index in [4.69, 9.17) is 16.7 Å². The van der Waals surface area contributed by atoms with E-state index < -0.39 is 5.97 Å². The average molecular weight is 283 g/mol. The Balaban J connectivity index is 2.08.